The van der Waals surface area contributed by atoms with Crippen LogP contribution in [0.25, 0.3) is 11.0 Å². The van der Waals surface area contributed by atoms with E-state index in [1.165, 1.54) is 18.6 Å². The number of benzene rings is 1. The molecule has 0 spiro atoms. The Labute approximate surface area is 116 Å². The second-order valence-electron chi connectivity index (χ2n) is 4.62. The lowest BCUT2D eigenvalue weighted by molar-refractivity contribution is 0.437. The molecular weight excluding hydrogens is 266 g/mol. The fourth-order valence-corrected chi connectivity index (χ4v) is 4.23. The van der Waals surface area contributed by atoms with Gasteiger partial charge in [0.2, 0.25) is 0 Å². The number of thioether (sulfide) groups is 1. The van der Waals surface area contributed by atoms with E-state index in [0.29, 0.717) is 10.3 Å². The minimum absolute atomic E-state index is 0.279. The van der Waals surface area contributed by atoms with Crippen molar-refractivity contribution in [2.45, 2.75) is 24.1 Å². The standard InChI is InChI=1S/C14H16ClNOS/c1-16-13(12-6-3-7-18-12)11-8-9-4-2-5-10(15)14(9)17-11/h2,4-5,8,12-13,16H,3,6-7H2,1H3. The molecule has 0 saturated carbocycles. The fraction of sp³-hybridized carbons (Fsp3) is 0.429. The molecule has 2 heterocycles. The molecule has 1 fully saturated rings. The Morgan fingerprint density at radius 3 is 3.06 bits per heavy atom. The molecule has 0 bridgehead atoms. The highest BCUT2D eigenvalue weighted by molar-refractivity contribution is 8.00. The molecule has 18 heavy (non-hydrogen) atoms. The van der Waals surface area contributed by atoms with Gasteiger partial charge in [-0.2, -0.15) is 11.8 Å². The Morgan fingerprint density at radius 2 is 2.39 bits per heavy atom. The third-order valence-corrected chi connectivity index (χ3v) is 5.23. The van der Waals surface area contributed by atoms with Crippen LogP contribution in [0, 0.1) is 0 Å². The third kappa shape index (κ3) is 2.15. The summed E-state index contributed by atoms with van der Waals surface area (Å²) in [5.41, 5.74) is 0.803. The first kappa shape index (κ1) is 12.4. The van der Waals surface area contributed by atoms with E-state index in [9.17, 15) is 0 Å². The average Bonchev–Trinajstić information content (AvgIpc) is 3.00. The Bertz CT molecular complexity index is 548. The van der Waals surface area contributed by atoms with Crippen molar-refractivity contribution in [3.63, 3.8) is 0 Å². The van der Waals surface area contributed by atoms with Crippen LogP contribution < -0.4 is 5.32 Å². The van der Waals surface area contributed by atoms with Crippen molar-refractivity contribution < 1.29 is 4.42 Å². The van der Waals surface area contributed by atoms with Crippen LogP contribution in [0.4, 0.5) is 0 Å². The predicted molar refractivity (Wildman–Crippen MR) is 78.5 cm³/mol. The van der Waals surface area contributed by atoms with Gasteiger partial charge >= 0.3 is 0 Å². The van der Waals surface area contributed by atoms with E-state index < -0.39 is 0 Å². The molecule has 1 N–H and O–H groups in total. The number of furan rings is 1. The lowest BCUT2D eigenvalue weighted by atomic mass is 10.1. The molecule has 1 saturated heterocycles. The summed E-state index contributed by atoms with van der Waals surface area (Å²) in [6, 6.07) is 8.27. The van der Waals surface area contributed by atoms with Crippen LogP contribution >= 0.6 is 23.4 Å². The zero-order valence-electron chi connectivity index (χ0n) is 10.3. The van der Waals surface area contributed by atoms with Crippen LogP contribution in [-0.2, 0) is 0 Å². The molecule has 0 radical (unpaired) electrons. The summed E-state index contributed by atoms with van der Waals surface area (Å²) < 4.78 is 5.96. The van der Waals surface area contributed by atoms with Crippen molar-refractivity contribution in [3.05, 3.63) is 35.0 Å². The first-order valence-electron chi connectivity index (χ1n) is 6.26. The lowest BCUT2D eigenvalue weighted by Gasteiger charge is -2.19. The van der Waals surface area contributed by atoms with Gasteiger partial charge in [0, 0.05) is 10.6 Å². The zero-order chi connectivity index (χ0) is 12.5. The molecule has 0 amide bonds. The van der Waals surface area contributed by atoms with E-state index in [1.807, 2.05) is 37.0 Å². The van der Waals surface area contributed by atoms with Crippen molar-refractivity contribution in [1.29, 1.82) is 0 Å². The van der Waals surface area contributed by atoms with Crippen LogP contribution in [0.15, 0.2) is 28.7 Å². The summed E-state index contributed by atoms with van der Waals surface area (Å²) in [5, 5.41) is 5.76. The van der Waals surface area contributed by atoms with Gasteiger partial charge in [0.05, 0.1) is 11.1 Å². The monoisotopic (exact) mass is 281 g/mol. The van der Waals surface area contributed by atoms with Gasteiger partial charge < -0.3 is 9.73 Å². The van der Waals surface area contributed by atoms with Crippen molar-refractivity contribution in [3.8, 4) is 0 Å². The maximum Gasteiger partial charge on any atom is 0.152 e. The topological polar surface area (TPSA) is 25.2 Å². The van der Waals surface area contributed by atoms with Crippen LogP contribution in [0.3, 0.4) is 0 Å². The molecule has 1 aliphatic heterocycles. The van der Waals surface area contributed by atoms with Gasteiger partial charge in [-0.25, -0.2) is 0 Å². The maximum atomic E-state index is 6.16. The largest absolute Gasteiger partial charge is 0.458 e. The van der Waals surface area contributed by atoms with Gasteiger partial charge in [-0.1, -0.05) is 23.7 Å². The van der Waals surface area contributed by atoms with Crippen LogP contribution in [0.5, 0.6) is 0 Å². The smallest absolute Gasteiger partial charge is 0.152 e. The van der Waals surface area contributed by atoms with E-state index in [-0.39, 0.29) is 6.04 Å². The molecule has 2 atom stereocenters. The molecule has 2 unspecified atom stereocenters. The summed E-state index contributed by atoms with van der Waals surface area (Å²) in [6.45, 7) is 0. The highest BCUT2D eigenvalue weighted by atomic mass is 35.5. The fourth-order valence-electron chi connectivity index (χ4n) is 2.58. The molecule has 4 heteroatoms. The van der Waals surface area contributed by atoms with Crippen molar-refractivity contribution >= 4 is 34.3 Å². The quantitative estimate of drug-likeness (QED) is 0.911. The highest BCUT2D eigenvalue weighted by Crippen LogP contribution is 2.38. The summed E-state index contributed by atoms with van der Waals surface area (Å²) in [4.78, 5) is 0. The highest BCUT2D eigenvalue weighted by Gasteiger charge is 2.28. The first-order valence-corrected chi connectivity index (χ1v) is 7.69. The SMILES string of the molecule is CNC(c1cc2cccc(Cl)c2o1)C1CCCS1. The van der Waals surface area contributed by atoms with Gasteiger partial charge in [-0.05, 0) is 37.8 Å². The number of hydrogen-bond donors (Lipinski definition) is 1. The Balaban J connectivity index is 1.99. The summed E-state index contributed by atoms with van der Waals surface area (Å²) in [7, 11) is 2.00. The van der Waals surface area contributed by atoms with Gasteiger partial charge in [-0.15, -0.1) is 0 Å². The van der Waals surface area contributed by atoms with Gasteiger partial charge in [-0.3, -0.25) is 0 Å². The number of halogens is 1. The van der Waals surface area contributed by atoms with Crippen molar-refractivity contribution in [1.82, 2.24) is 5.32 Å². The zero-order valence-corrected chi connectivity index (χ0v) is 11.9. The van der Waals surface area contributed by atoms with E-state index in [2.05, 4.69) is 11.4 Å². The molecule has 1 aliphatic rings. The summed E-state index contributed by atoms with van der Waals surface area (Å²) >= 11 is 8.19. The van der Waals surface area contributed by atoms with Gasteiger partial charge in [0.25, 0.3) is 0 Å². The van der Waals surface area contributed by atoms with E-state index >= 15 is 0 Å². The minimum atomic E-state index is 0.279. The van der Waals surface area contributed by atoms with Gasteiger partial charge in [0.15, 0.2) is 5.58 Å². The number of fused-ring (bicyclic) bond motifs is 1. The first-order chi connectivity index (χ1) is 8.79. The summed E-state index contributed by atoms with van der Waals surface area (Å²) in [6.07, 6.45) is 2.55. The lowest BCUT2D eigenvalue weighted by Crippen LogP contribution is -2.25. The molecule has 1 aromatic carbocycles. The third-order valence-electron chi connectivity index (χ3n) is 3.47. The normalized spacial score (nSPS) is 21.6. The molecular formula is C14H16ClNOS. The number of nitrogens with one attached hydrogen (secondary N) is 1. The van der Waals surface area contributed by atoms with Crippen LogP contribution in [-0.4, -0.2) is 18.1 Å². The van der Waals surface area contributed by atoms with Crippen LogP contribution in [0.2, 0.25) is 5.02 Å². The molecule has 1 aromatic heterocycles. The number of hydrogen-bond acceptors (Lipinski definition) is 3. The van der Waals surface area contributed by atoms with Gasteiger partial charge in [0.1, 0.15) is 5.76 Å². The second-order valence-corrected chi connectivity index (χ2v) is 6.38. The Morgan fingerprint density at radius 1 is 1.50 bits per heavy atom. The Kier molecular flexibility index (Phi) is 3.55. The Hall–Kier alpha value is -0.640. The molecule has 3 rings (SSSR count). The second kappa shape index (κ2) is 5.16. The van der Waals surface area contributed by atoms with E-state index in [4.69, 9.17) is 16.0 Å². The van der Waals surface area contributed by atoms with E-state index in [1.54, 1.807) is 0 Å². The molecule has 2 aromatic rings. The number of rotatable bonds is 3. The predicted octanol–water partition coefficient (Wildman–Crippen LogP) is 4.24. The molecule has 0 aliphatic carbocycles. The van der Waals surface area contributed by atoms with Crippen molar-refractivity contribution in [2.75, 3.05) is 12.8 Å². The molecule has 2 nitrogen and oxygen atoms in total. The van der Waals surface area contributed by atoms with Crippen molar-refractivity contribution in [2.24, 2.45) is 0 Å². The van der Waals surface area contributed by atoms with E-state index in [0.717, 1.165) is 16.7 Å². The minimum Gasteiger partial charge on any atom is -0.458 e. The molecule has 96 valence electrons. The van der Waals surface area contributed by atoms with Crippen LogP contribution in [0.1, 0.15) is 24.6 Å². The average molecular weight is 282 g/mol. The maximum absolute atomic E-state index is 6.16. The summed E-state index contributed by atoms with van der Waals surface area (Å²) in [5.74, 6) is 2.25. The number of para-hydroxylation sites is 1.